The van der Waals surface area contributed by atoms with Crippen LogP contribution in [0.15, 0.2) is 0 Å². The largest absolute Gasteiger partial charge is 0.394 e. The van der Waals surface area contributed by atoms with Gasteiger partial charge in [-0.2, -0.15) is 0 Å². The van der Waals surface area contributed by atoms with Gasteiger partial charge in [-0.05, 0) is 6.92 Å². The van der Waals surface area contributed by atoms with E-state index in [1.165, 1.54) is 21.0 Å². The van der Waals surface area contributed by atoms with Crippen molar-refractivity contribution in [1.82, 2.24) is 5.32 Å². The molecular weight excluding hydrogens is 354 g/mol. The average Bonchev–Trinajstić information content (AvgIpc) is 2.60. The smallest absolute Gasteiger partial charge is 0.217 e. The molecule has 0 radical (unpaired) electrons. The van der Waals surface area contributed by atoms with E-state index < -0.39 is 73.9 Å². The van der Waals surface area contributed by atoms with Crippen LogP contribution in [0, 0.1) is 0 Å². The first-order chi connectivity index (χ1) is 12.2. The fourth-order valence-electron chi connectivity index (χ4n) is 3.11. The lowest BCUT2D eigenvalue weighted by Gasteiger charge is -2.46. The summed E-state index contributed by atoms with van der Waals surface area (Å²) in [6, 6.07) is -1.00. The maximum Gasteiger partial charge on any atom is 0.217 e. The van der Waals surface area contributed by atoms with E-state index in [1.807, 2.05) is 0 Å². The van der Waals surface area contributed by atoms with Crippen molar-refractivity contribution in [2.75, 3.05) is 13.7 Å². The maximum atomic E-state index is 11.4. The molecule has 6 N–H and O–H groups in total. The minimum absolute atomic E-state index is 0.443. The van der Waals surface area contributed by atoms with Crippen LogP contribution in [-0.2, 0) is 23.7 Å². The first kappa shape index (κ1) is 21.4. The normalized spacial score (nSPS) is 46.8. The molecule has 2 aliphatic rings. The molecule has 152 valence electrons. The van der Waals surface area contributed by atoms with Gasteiger partial charge in [0, 0.05) is 14.0 Å². The highest BCUT2D eigenvalue weighted by Gasteiger charge is 2.50. The van der Waals surface area contributed by atoms with Crippen molar-refractivity contribution in [2.24, 2.45) is 0 Å². The van der Waals surface area contributed by atoms with Gasteiger partial charge in [0.2, 0.25) is 5.91 Å². The summed E-state index contributed by atoms with van der Waals surface area (Å²) in [6.45, 7) is 2.19. The Kier molecular flexibility index (Phi) is 7.30. The first-order valence-electron chi connectivity index (χ1n) is 8.30. The molecule has 11 nitrogen and oxygen atoms in total. The molecular formula is C15H27NO10. The quantitative estimate of drug-likeness (QED) is 0.280. The van der Waals surface area contributed by atoms with Crippen LogP contribution in [0.5, 0.6) is 0 Å². The van der Waals surface area contributed by atoms with E-state index in [-0.39, 0.29) is 0 Å². The van der Waals surface area contributed by atoms with Crippen molar-refractivity contribution < 1.29 is 49.3 Å². The van der Waals surface area contributed by atoms with Gasteiger partial charge in [-0.25, -0.2) is 0 Å². The number of amides is 1. The van der Waals surface area contributed by atoms with Crippen molar-refractivity contribution in [1.29, 1.82) is 0 Å². The third kappa shape index (κ3) is 4.32. The van der Waals surface area contributed by atoms with E-state index in [0.29, 0.717) is 0 Å². The second-order valence-corrected chi connectivity index (χ2v) is 6.46. The number of ether oxygens (including phenoxy) is 4. The van der Waals surface area contributed by atoms with Crippen LogP contribution in [0.1, 0.15) is 13.8 Å². The van der Waals surface area contributed by atoms with E-state index in [9.17, 15) is 30.3 Å². The fraction of sp³-hybridized carbons (Fsp3) is 0.933. The van der Waals surface area contributed by atoms with Crippen molar-refractivity contribution >= 4 is 5.91 Å². The molecule has 0 spiro atoms. The summed E-state index contributed by atoms with van der Waals surface area (Å²) in [6.07, 6.45) is -11.3. The Morgan fingerprint density at radius 1 is 1.04 bits per heavy atom. The summed E-state index contributed by atoms with van der Waals surface area (Å²) in [5, 5.41) is 52.3. The molecule has 2 unspecified atom stereocenters. The third-order valence-corrected chi connectivity index (χ3v) is 4.55. The van der Waals surface area contributed by atoms with Gasteiger partial charge in [0.15, 0.2) is 12.6 Å². The van der Waals surface area contributed by atoms with Gasteiger partial charge >= 0.3 is 0 Å². The zero-order valence-electron chi connectivity index (χ0n) is 14.8. The molecule has 2 rings (SSSR count). The van der Waals surface area contributed by atoms with Crippen LogP contribution in [-0.4, -0.2) is 107 Å². The van der Waals surface area contributed by atoms with E-state index in [2.05, 4.69) is 5.32 Å². The van der Waals surface area contributed by atoms with E-state index in [4.69, 9.17) is 18.9 Å². The maximum absolute atomic E-state index is 11.4. The number of rotatable bonds is 5. The predicted octanol–water partition coefficient (Wildman–Crippen LogP) is -3.57. The summed E-state index contributed by atoms with van der Waals surface area (Å²) in [7, 11) is 1.31. The topological polar surface area (TPSA) is 167 Å². The lowest BCUT2D eigenvalue weighted by molar-refractivity contribution is -0.343. The average molecular weight is 381 g/mol. The number of hydrogen-bond acceptors (Lipinski definition) is 10. The standard InChI is InChI=1S/C15H27NO10/c1-5-9(19)11(21)12(22)15(24-5)26-13-7(4-17)25-14(23-3)8(10(13)20)16-6(2)18/h5,7-15,17,19-22H,4H2,1-3H3,(H,16,18)/t5-,7+,8+,9+,10+,11+,12-,13+,14?,15?/m0/s1. The molecule has 0 bridgehead atoms. The molecule has 26 heavy (non-hydrogen) atoms. The molecule has 2 fully saturated rings. The molecule has 2 aliphatic heterocycles. The molecule has 2 heterocycles. The van der Waals surface area contributed by atoms with Crippen LogP contribution in [0.3, 0.4) is 0 Å². The van der Waals surface area contributed by atoms with Gasteiger partial charge in [-0.15, -0.1) is 0 Å². The number of hydrogen-bond donors (Lipinski definition) is 6. The Morgan fingerprint density at radius 3 is 2.23 bits per heavy atom. The Morgan fingerprint density at radius 2 is 1.69 bits per heavy atom. The fourth-order valence-corrected chi connectivity index (χ4v) is 3.11. The molecule has 11 heteroatoms. The second kappa shape index (κ2) is 8.87. The van der Waals surface area contributed by atoms with Crippen LogP contribution >= 0.6 is 0 Å². The molecule has 1 amide bonds. The summed E-state index contributed by atoms with van der Waals surface area (Å²) in [5.74, 6) is -0.443. The van der Waals surface area contributed by atoms with Gasteiger partial charge in [0.05, 0.1) is 12.7 Å². The lowest BCUT2D eigenvalue weighted by atomic mass is 9.95. The number of carbonyl (C=O) groups excluding carboxylic acids is 1. The Balaban J connectivity index is 2.18. The summed E-state index contributed by atoms with van der Waals surface area (Å²) in [4.78, 5) is 11.4. The summed E-state index contributed by atoms with van der Waals surface area (Å²) in [5.41, 5.74) is 0. The molecule has 0 saturated carbocycles. The lowest BCUT2D eigenvalue weighted by Crippen LogP contribution is -2.67. The third-order valence-electron chi connectivity index (χ3n) is 4.55. The van der Waals surface area contributed by atoms with Crippen LogP contribution in [0.25, 0.3) is 0 Å². The van der Waals surface area contributed by atoms with Crippen LogP contribution in [0.4, 0.5) is 0 Å². The molecule has 0 aromatic heterocycles. The van der Waals surface area contributed by atoms with Crippen molar-refractivity contribution in [3.05, 3.63) is 0 Å². The van der Waals surface area contributed by atoms with E-state index >= 15 is 0 Å². The molecule has 2 saturated heterocycles. The van der Waals surface area contributed by atoms with E-state index in [1.54, 1.807) is 0 Å². The SMILES string of the molecule is COC1O[C@H](CO)[C@@H](OC2O[C@@H](C)[C@@H](O)[C@@H](O)[C@@H]2O)[C@H](O)[C@H]1NC(C)=O. The van der Waals surface area contributed by atoms with Crippen molar-refractivity contribution in [3.63, 3.8) is 0 Å². The predicted molar refractivity (Wildman–Crippen MR) is 83.6 cm³/mol. The minimum atomic E-state index is -1.59. The molecule has 10 atom stereocenters. The second-order valence-electron chi connectivity index (χ2n) is 6.46. The zero-order valence-corrected chi connectivity index (χ0v) is 14.8. The minimum Gasteiger partial charge on any atom is -0.394 e. The summed E-state index contributed by atoms with van der Waals surface area (Å²) >= 11 is 0. The van der Waals surface area contributed by atoms with Gasteiger partial charge in [0.25, 0.3) is 0 Å². The number of aliphatic hydroxyl groups is 5. The zero-order chi connectivity index (χ0) is 19.6. The number of carbonyl (C=O) groups is 1. The number of aliphatic hydroxyl groups excluding tert-OH is 5. The van der Waals surface area contributed by atoms with Crippen LogP contribution < -0.4 is 5.32 Å². The van der Waals surface area contributed by atoms with Gasteiger partial charge in [-0.3, -0.25) is 4.79 Å². The highest BCUT2D eigenvalue weighted by molar-refractivity contribution is 5.73. The Hall–Kier alpha value is -0.890. The highest BCUT2D eigenvalue weighted by Crippen LogP contribution is 2.29. The summed E-state index contributed by atoms with van der Waals surface area (Å²) < 4.78 is 21.5. The Labute approximate surface area is 150 Å². The van der Waals surface area contributed by atoms with E-state index in [0.717, 1.165) is 0 Å². The molecule has 0 aromatic rings. The number of methoxy groups -OCH3 is 1. The molecule has 0 aromatic carbocycles. The van der Waals surface area contributed by atoms with Gasteiger partial charge in [-0.1, -0.05) is 0 Å². The van der Waals surface area contributed by atoms with Crippen molar-refractivity contribution in [2.45, 2.75) is 75.2 Å². The monoisotopic (exact) mass is 381 g/mol. The van der Waals surface area contributed by atoms with Gasteiger partial charge in [0.1, 0.15) is 42.7 Å². The van der Waals surface area contributed by atoms with Gasteiger partial charge < -0.3 is 49.8 Å². The number of nitrogens with one attached hydrogen (secondary N) is 1. The highest BCUT2D eigenvalue weighted by atomic mass is 16.7. The first-order valence-corrected chi connectivity index (χ1v) is 8.30. The Bertz CT molecular complexity index is 479. The van der Waals surface area contributed by atoms with Crippen LogP contribution in [0.2, 0.25) is 0 Å². The molecule has 0 aliphatic carbocycles. The van der Waals surface area contributed by atoms with Crippen molar-refractivity contribution in [3.8, 4) is 0 Å².